The van der Waals surface area contributed by atoms with Crippen LogP contribution in [0.15, 0.2) is 47.6 Å². The SMILES string of the molecule is CC(C)(C)c1ccc([C@@H]2C[C@H]2C(=O)N/N=C\c2cccc([N+](=O)[O-])c2O)cc1. The van der Waals surface area contributed by atoms with Crippen molar-refractivity contribution in [2.45, 2.75) is 38.5 Å². The van der Waals surface area contributed by atoms with Gasteiger partial charge in [-0.15, -0.1) is 0 Å². The predicted molar refractivity (Wildman–Crippen MR) is 106 cm³/mol. The fourth-order valence-electron chi connectivity index (χ4n) is 3.13. The van der Waals surface area contributed by atoms with Crippen molar-refractivity contribution in [2.24, 2.45) is 11.0 Å². The second kappa shape index (κ2) is 7.42. The first-order valence-corrected chi connectivity index (χ1v) is 9.08. The Morgan fingerprint density at radius 2 is 1.93 bits per heavy atom. The Morgan fingerprint density at radius 3 is 2.54 bits per heavy atom. The Bertz CT molecular complexity index is 930. The van der Waals surface area contributed by atoms with Gasteiger partial charge in [0.2, 0.25) is 11.7 Å². The number of hydrogen-bond donors (Lipinski definition) is 2. The second-order valence-electron chi connectivity index (χ2n) is 8.03. The number of carbonyl (C=O) groups is 1. The van der Waals surface area contributed by atoms with E-state index in [9.17, 15) is 20.0 Å². The minimum Gasteiger partial charge on any atom is -0.502 e. The van der Waals surface area contributed by atoms with Gasteiger partial charge >= 0.3 is 5.69 Å². The molecular weight excluding hydrogens is 358 g/mol. The molecule has 7 heteroatoms. The molecule has 0 heterocycles. The highest BCUT2D eigenvalue weighted by molar-refractivity contribution is 5.88. The van der Waals surface area contributed by atoms with Gasteiger partial charge in [-0.05, 0) is 34.9 Å². The fraction of sp³-hybridized carbons (Fsp3) is 0.333. The third-order valence-corrected chi connectivity index (χ3v) is 4.95. The molecule has 0 saturated heterocycles. The average Bonchev–Trinajstić information content (AvgIpc) is 3.43. The Labute approximate surface area is 163 Å². The van der Waals surface area contributed by atoms with Gasteiger partial charge in [-0.25, -0.2) is 5.43 Å². The standard InChI is InChI=1S/C21H23N3O4/c1-21(2,3)15-9-7-13(8-10-15)16-11-17(16)20(26)23-22-12-14-5-4-6-18(19(14)25)24(27)28/h4-10,12,16-17,25H,11H2,1-3H3,(H,23,26)/b22-12-/t16-,17+/m0/s1. The summed E-state index contributed by atoms with van der Waals surface area (Å²) in [5.74, 6) is -0.647. The van der Waals surface area contributed by atoms with Crippen LogP contribution in [-0.2, 0) is 10.2 Å². The highest BCUT2D eigenvalue weighted by atomic mass is 16.6. The predicted octanol–water partition coefficient (Wildman–Crippen LogP) is 3.85. The quantitative estimate of drug-likeness (QED) is 0.466. The van der Waals surface area contributed by atoms with Crippen LogP contribution >= 0.6 is 0 Å². The van der Waals surface area contributed by atoms with Crippen LogP contribution in [-0.4, -0.2) is 22.2 Å². The molecule has 1 aliphatic rings. The van der Waals surface area contributed by atoms with E-state index >= 15 is 0 Å². The molecule has 1 aliphatic carbocycles. The van der Waals surface area contributed by atoms with Crippen molar-refractivity contribution in [1.82, 2.24) is 5.43 Å². The van der Waals surface area contributed by atoms with Crippen LogP contribution in [0.2, 0.25) is 0 Å². The van der Waals surface area contributed by atoms with E-state index in [1.54, 1.807) is 0 Å². The summed E-state index contributed by atoms with van der Waals surface area (Å²) in [5.41, 5.74) is 4.69. The molecule has 2 aromatic carbocycles. The first-order chi connectivity index (χ1) is 13.2. The number of nitro benzene ring substituents is 1. The monoisotopic (exact) mass is 381 g/mol. The van der Waals surface area contributed by atoms with Gasteiger partial charge in [-0.1, -0.05) is 51.1 Å². The summed E-state index contributed by atoms with van der Waals surface area (Å²) in [7, 11) is 0. The minimum absolute atomic E-state index is 0.0889. The van der Waals surface area contributed by atoms with Gasteiger partial charge in [0.05, 0.1) is 11.1 Å². The maximum atomic E-state index is 12.3. The number of hydrazone groups is 1. The number of nitro groups is 1. The number of nitrogens with one attached hydrogen (secondary N) is 1. The van der Waals surface area contributed by atoms with Crippen molar-refractivity contribution < 1.29 is 14.8 Å². The topological polar surface area (TPSA) is 105 Å². The van der Waals surface area contributed by atoms with Crippen molar-refractivity contribution in [3.63, 3.8) is 0 Å². The number of aromatic hydroxyl groups is 1. The van der Waals surface area contributed by atoms with Crippen LogP contribution in [0.1, 0.15) is 49.8 Å². The maximum absolute atomic E-state index is 12.3. The number of nitrogens with zero attached hydrogens (tertiary/aromatic N) is 2. The van der Waals surface area contributed by atoms with Crippen LogP contribution in [0.25, 0.3) is 0 Å². The lowest BCUT2D eigenvalue weighted by atomic mass is 9.86. The highest BCUT2D eigenvalue weighted by Gasteiger charge is 2.44. The molecule has 0 bridgehead atoms. The summed E-state index contributed by atoms with van der Waals surface area (Å²) in [4.78, 5) is 22.4. The van der Waals surface area contributed by atoms with E-state index in [-0.39, 0.29) is 28.7 Å². The third-order valence-electron chi connectivity index (χ3n) is 4.95. The molecular formula is C21H23N3O4. The van der Waals surface area contributed by atoms with Gasteiger partial charge in [-0.2, -0.15) is 5.10 Å². The Morgan fingerprint density at radius 1 is 1.25 bits per heavy atom. The van der Waals surface area contributed by atoms with Crippen LogP contribution < -0.4 is 5.43 Å². The zero-order valence-corrected chi connectivity index (χ0v) is 16.0. The summed E-state index contributed by atoms with van der Waals surface area (Å²) >= 11 is 0. The maximum Gasteiger partial charge on any atom is 0.311 e. The van der Waals surface area contributed by atoms with Gasteiger partial charge in [-0.3, -0.25) is 14.9 Å². The first kappa shape index (κ1) is 19.5. The Balaban J connectivity index is 1.59. The summed E-state index contributed by atoms with van der Waals surface area (Å²) in [6.07, 6.45) is 1.97. The average molecular weight is 381 g/mol. The van der Waals surface area contributed by atoms with E-state index in [4.69, 9.17) is 0 Å². The lowest BCUT2D eigenvalue weighted by Gasteiger charge is -2.19. The molecule has 146 valence electrons. The summed E-state index contributed by atoms with van der Waals surface area (Å²) in [6.45, 7) is 6.48. The number of rotatable bonds is 5. The molecule has 3 rings (SSSR count). The van der Waals surface area contributed by atoms with E-state index in [1.807, 2.05) is 0 Å². The number of para-hydroxylation sites is 1. The number of amides is 1. The molecule has 2 N–H and O–H groups in total. The van der Waals surface area contributed by atoms with Gasteiger partial charge < -0.3 is 5.11 Å². The summed E-state index contributed by atoms with van der Waals surface area (Å²) < 4.78 is 0. The number of hydrogen-bond acceptors (Lipinski definition) is 5. The molecule has 0 spiro atoms. The minimum atomic E-state index is -0.676. The lowest BCUT2D eigenvalue weighted by Crippen LogP contribution is -2.20. The van der Waals surface area contributed by atoms with E-state index in [1.165, 1.54) is 30.0 Å². The van der Waals surface area contributed by atoms with Gasteiger partial charge in [0.15, 0.2) is 0 Å². The van der Waals surface area contributed by atoms with Crippen molar-refractivity contribution >= 4 is 17.8 Å². The van der Waals surface area contributed by atoms with Gasteiger partial charge in [0, 0.05) is 17.5 Å². The van der Waals surface area contributed by atoms with E-state index in [0.717, 1.165) is 12.0 Å². The smallest absolute Gasteiger partial charge is 0.311 e. The zero-order chi connectivity index (χ0) is 20.5. The summed E-state index contributed by atoms with van der Waals surface area (Å²) in [6, 6.07) is 12.5. The Hall–Kier alpha value is -3.22. The molecule has 0 aliphatic heterocycles. The van der Waals surface area contributed by atoms with Crippen molar-refractivity contribution in [3.05, 3.63) is 69.3 Å². The van der Waals surface area contributed by atoms with Crippen LogP contribution in [0.4, 0.5) is 5.69 Å². The largest absolute Gasteiger partial charge is 0.502 e. The van der Waals surface area contributed by atoms with Crippen molar-refractivity contribution in [3.8, 4) is 5.75 Å². The molecule has 7 nitrogen and oxygen atoms in total. The molecule has 2 aromatic rings. The van der Waals surface area contributed by atoms with Crippen molar-refractivity contribution in [1.29, 1.82) is 0 Å². The first-order valence-electron chi connectivity index (χ1n) is 9.08. The number of phenolic OH excluding ortho intramolecular Hbond substituents is 1. The van der Waals surface area contributed by atoms with Crippen molar-refractivity contribution in [2.75, 3.05) is 0 Å². The molecule has 0 unspecified atom stereocenters. The molecule has 2 atom stereocenters. The summed E-state index contributed by atoms with van der Waals surface area (Å²) in [5, 5.41) is 24.5. The molecule has 1 fully saturated rings. The van der Waals surface area contributed by atoms with E-state index in [2.05, 4.69) is 55.6 Å². The van der Waals surface area contributed by atoms with E-state index in [0.29, 0.717) is 0 Å². The number of benzene rings is 2. The van der Waals surface area contributed by atoms with Gasteiger partial charge in [0.1, 0.15) is 0 Å². The molecule has 28 heavy (non-hydrogen) atoms. The lowest BCUT2D eigenvalue weighted by molar-refractivity contribution is -0.385. The third kappa shape index (κ3) is 4.19. The molecule has 0 radical (unpaired) electrons. The Kier molecular flexibility index (Phi) is 5.18. The normalized spacial score (nSPS) is 18.8. The zero-order valence-electron chi connectivity index (χ0n) is 16.0. The van der Waals surface area contributed by atoms with Gasteiger partial charge in [0.25, 0.3) is 0 Å². The van der Waals surface area contributed by atoms with Crippen LogP contribution in [0.5, 0.6) is 5.75 Å². The highest BCUT2D eigenvalue weighted by Crippen LogP contribution is 2.47. The van der Waals surface area contributed by atoms with Crippen LogP contribution in [0, 0.1) is 16.0 Å². The number of phenols is 1. The molecule has 1 amide bonds. The van der Waals surface area contributed by atoms with Crippen LogP contribution in [0.3, 0.4) is 0 Å². The molecule has 0 aromatic heterocycles. The fourth-order valence-corrected chi connectivity index (χ4v) is 3.13. The van der Waals surface area contributed by atoms with E-state index < -0.39 is 16.4 Å². The number of carbonyl (C=O) groups excluding carboxylic acids is 1. The molecule has 1 saturated carbocycles. The second-order valence-corrected chi connectivity index (χ2v) is 8.03.